The van der Waals surface area contributed by atoms with Gasteiger partial charge in [0.15, 0.2) is 0 Å². The second kappa shape index (κ2) is 4.39. The van der Waals surface area contributed by atoms with Crippen molar-refractivity contribution >= 4 is 5.82 Å². The van der Waals surface area contributed by atoms with Gasteiger partial charge >= 0.3 is 0 Å². The number of aromatic nitrogens is 1. The Kier molecular flexibility index (Phi) is 2.96. The summed E-state index contributed by atoms with van der Waals surface area (Å²) in [5.74, 6) is 0.865. The highest BCUT2D eigenvalue weighted by molar-refractivity contribution is 5.35. The fraction of sp³-hybridized carbons (Fsp3) is 0.500. The standard InChI is InChI=1S/C10H14N2O2/c1-2-11-9-5-3-4-8(12-9)10-13-6-7-14-10/h3-5,10H,2,6-7H2,1H3,(H,11,12). The predicted octanol–water partition coefficient (Wildman–Crippen LogP) is 1.56. The Hall–Kier alpha value is -1.13. The fourth-order valence-corrected chi connectivity index (χ4v) is 1.39. The molecule has 0 aromatic carbocycles. The third-order valence-electron chi connectivity index (χ3n) is 1.99. The number of nitrogens with one attached hydrogen (secondary N) is 1. The van der Waals surface area contributed by atoms with Gasteiger partial charge in [-0.3, -0.25) is 0 Å². The summed E-state index contributed by atoms with van der Waals surface area (Å²) >= 11 is 0. The van der Waals surface area contributed by atoms with Crippen LogP contribution in [0.4, 0.5) is 5.82 Å². The summed E-state index contributed by atoms with van der Waals surface area (Å²) < 4.78 is 10.7. The summed E-state index contributed by atoms with van der Waals surface area (Å²) in [7, 11) is 0. The maximum atomic E-state index is 5.36. The number of hydrogen-bond acceptors (Lipinski definition) is 4. The average Bonchev–Trinajstić information content (AvgIpc) is 2.71. The third kappa shape index (κ3) is 2.02. The lowest BCUT2D eigenvalue weighted by atomic mass is 10.3. The largest absolute Gasteiger partial charge is 0.370 e. The van der Waals surface area contributed by atoms with Gasteiger partial charge in [-0.2, -0.15) is 0 Å². The number of nitrogens with zero attached hydrogens (tertiary/aromatic N) is 1. The molecule has 76 valence electrons. The Bertz CT molecular complexity index is 298. The lowest BCUT2D eigenvalue weighted by Crippen LogP contribution is -2.05. The van der Waals surface area contributed by atoms with Crippen molar-refractivity contribution in [2.24, 2.45) is 0 Å². The van der Waals surface area contributed by atoms with E-state index < -0.39 is 0 Å². The molecule has 1 aromatic rings. The van der Waals surface area contributed by atoms with E-state index in [9.17, 15) is 0 Å². The fourth-order valence-electron chi connectivity index (χ4n) is 1.39. The summed E-state index contributed by atoms with van der Waals surface area (Å²) in [5, 5.41) is 3.15. The number of ether oxygens (including phenoxy) is 2. The summed E-state index contributed by atoms with van der Waals surface area (Å²) in [6.45, 7) is 4.20. The minimum Gasteiger partial charge on any atom is -0.370 e. The van der Waals surface area contributed by atoms with Gasteiger partial charge in [0.25, 0.3) is 0 Å². The predicted molar refractivity (Wildman–Crippen MR) is 53.0 cm³/mol. The molecule has 2 rings (SSSR count). The van der Waals surface area contributed by atoms with Gasteiger partial charge in [0.2, 0.25) is 6.29 Å². The van der Waals surface area contributed by atoms with Gasteiger partial charge in [0.1, 0.15) is 5.82 Å². The highest BCUT2D eigenvalue weighted by Crippen LogP contribution is 2.22. The molecule has 1 aliphatic heterocycles. The maximum absolute atomic E-state index is 5.36. The second-order valence-corrected chi connectivity index (χ2v) is 3.05. The number of hydrogen-bond donors (Lipinski definition) is 1. The van der Waals surface area contributed by atoms with Gasteiger partial charge in [-0.1, -0.05) is 6.07 Å². The highest BCUT2D eigenvalue weighted by atomic mass is 16.7. The van der Waals surface area contributed by atoms with Crippen LogP contribution in [0.25, 0.3) is 0 Å². The molecule has 0 aliphatic carbocycles. The van der Waals surface area contributed by atoms with Crippen molar-refractivity contribution in [2.45, 2.75) is 13.2 Å². The molecule has 1 aromatic heterocycles. The lowest BCUT2D eigenvalue weighted by Gasteiger charge is -2.09. The van der Waals surface area contributed by atoms with Crippen LogP contribution >= 0.6 is 0 Å². The molecule has 0 radical (unpaired) electrons. The van der Waals surface area contributed by atoms with Crippen LogP contribution in [0.1, 0.15) is 18.9 Å². The Balaban J connectivity index is 2.12. The van der Waals surface area contributed by atoms with Gasteiger partial charge in [0, 0.05) is 6.54 Å². The number of rotatable bonds is 3. The summed E-state index contributed by atoms with van der Waals surface area (Å²) in [4.78, 5) is 4.38. The van der Waals surface area contributed by atoms with Crippen molar-refractivity contribution in [1.29, 1.82) is 0 Å². The van der Waals surface area contributed by atoms with E-state index >= 15 is 0 Å². The van der Waals surface area contributed by atoms with Crippen molar-refractivity contribution in [1.82, 2.24) is 4.98 Å². The van der Waals surface area contributed by atoms with Crippen molar-refractivity contribution < 1.29 is 9.47 Å². The molecule has 1 saturated heterocycles. The first kappa shape index (κ1) is 9.43. The minimum absolute atomic E-state index is 0.284. The van der Waals surface area contributed by atoms with Crippen LogP contribution in [0, 0.1) is 0 Å². The Morgan fingerprint density at radius 2 is 2.21 bits per heavy atom. The molecule has 14 heavy (non-hydrogen) atoms. The molecule has 1 aliphatic rings. The number of pyridine rings is 1. The molecule has 2 heterocycles. The van der Waals surface area contributed by atoms with E-state index in [-0.39, 0.29) is 6.29 Å². The highest BCUT2D eigenvalue weighted by Gasteiger charge is 2.19. The van der Waals surface area contributed by atoms with Crippen LogP contribution in [-0.4, -0.2) is 24.7 Å². The van der Waals surface area contributed by atoms with Crippen molar-refractivity contribution in [2.75, 3.05) is 25.1 Å². The lowest BCUT2D eigenvalue weighted by molar-refractivity contribution is -0.0471. The van der Waals surface area contributed by atoms with Crippen LogP contribution < -0.4 is 5.32 Å². The normalized spacial score (nSPS) is 17.2. The van der Waals surface area contributed by atoms with Gasteiger partial charge in [-0.15, -0.1) is 0 Å². The summed E-state index contributed by atoms with van der Waals surface area (Å²) in [5.41, 5.74) is 0.834. The molecule has 0 bridgehead atoms. The zero-order chi connectivity index (χ0) is 9.80. The molecule has 4 nitrogen and oxygen atoms in total. The molecule has 4 heteroatoms. The molecule has 0 spiro atoms. The van der Waals surface area contributed by atoms with Gasteiger partial charge in [-0.25, -0.2) is 4.98 Å². The van der Waals surface area contributed by atoms with E-state index in [1.165, 1.54) is 0 Å². The first-order valence-electron chi connectivity index (χ1n) is 4.84. The topological polar surface area (TPSA) is 43.4 Å². The monoisotopic (exact) mass is 194 g/mol. The molecule has 1 N–H and O–H groups in total. The summed E-state index contributed by atoms with van der Waals surface area (Å²) in [6.07, 6.45) is -0.284. The zero-order valence-electron chi connectivity index (χ0n) is 8.19. The Morgan fingerprint density at radius 3 is 2.93 bits per heavy atom. The SMILES string of the molecule is CCNc1cccc(C2OCCO2)n1. The van der Waals surface area contributed by atoms with E-state index in [0.29, 0.717) is 13.2 Å². The van der Waals surface area contributed by atoms with Crippen LogP contribution in [-0.2, 0) is 9.47 Å². The molecule has 0 amide bonds. The first-order valence-corrected chi connectivity index (χ1v) is 4.84. The molecular formula is C10H14N2O2. The second-order valence-electron chi connectivity index (χ2n) is 3.05. The van der Waals surface area contributed by atoms with Gasteiger partial charge in [0.05, 0.1) is 18.9 Å². The smallest absolute Gasteiger partial charge is 0.201 e. The van der Waals surface area contributed by atoms with Crippen LogP contribution in [0.15, 0.2) is 18.2 Å². The van der Waals surface area contributed by atoms with E-state index in [0.717, 1.165) is 18.1 Å². The molecule has 0 saturated carbocycles. The minimum atomic E-state index is -0.284. The number of anilines is 1. The Labute approximate surface area is 83.2 Å². The van der Waals surface area contributed by atoms with Crippen molar-refractivity contribution in [3.63, 3.8) is 0 Å². The van der Waals surface area contributed by atoms with Crippen LogP contribution in [0.3, 0.4) is 0 Å². The van der Waals surface area contributed by atoms with Gasteiger partial charge < -0.3 is 14.8 Å². The van der Waals surface area contributed by atoms with Crippen LogP contribution in [0.2, 0.25) is 0 Å². The zero-order valence-corrected chi connectivity index (χ0v) is 8.19. The van der Waals surface area contributed by atoms with Crippen molar-refractivity contribution in [3.05, 3.63) is 23.9 Å². The summed E-state index contributed by atoms with van der Waals surface area (Å²) in [6, 6.07) is 5.80. The quantitative estimate of drug-likeness (QED) is 0.793. The van der Waals surface area contributed by atoms with E-state index in [2.05, 4.69) is 10.3 Å². The molecular weight excluding hydrogens is 180 g/mol. The maximum Gasteiger partial charge on any atom is 0.201 e. The first-order chi connectivity index (χ1) is 6.90. The molecule has 0 unspecified atom stereocenters. The van der Waals surface area contributed by atoms with E-state index in [1.54, 1.807) is 0 Å². The van der Waals surface area contributed by atoms with Crippen molar-refractivity contribution in [3.8, 4) is 0 Å². The Morgan fingerprint density at radius 1 is 1.43 bits per heavy atom. The van der Waals surface area contributed by atoms with Gasteiger partial charge in [-0.05, 0) is 19.1 Å². The molecule has 0 atom stereocenters. The van der Waals surface area contributed by atoms with E-state index in [4.69, 9.17) is 9.47 Å². The van der Waals surface area contributed by atoms with Crippen LogP contribution in [0.5, 0.6) is 0 Å². The third-order valence-corrected chi connectivity index (χ3v) is 1.99. The molecule has 1 fully saturated rings. The average molecular weight is 194 g/mol. The van der Waals surface area contributed by atoms with E-state index in [1.807, 2.05) is 25.1 Å².